The maximum absolute atomic E-state index is 13.1. The van der Waals surface area contributed by atoms with Crippen LogP contribution in [0, 0.1) is 6.92 Å². The van der Waals surface area contributed by atoms with E-state index < -0.39 is 11.7 Å². The van der Waals surface area contributed by atoms with E-state index in [1.807, 2.05) is 50.2 Å². The number of carbonyl (C=O) groups is 1. The number of hydrogen-bond acceptors (Lipinski definition) is 2. The van der Waals surface area contributed by atoms with E-state index >= 15 is 0 Å². The molecule has 0 unspecified atom stereocenters. The van der Waals surface area contributed by atoms with Crippen molar-refractivity contribution >= 4 is 6.29 Å². The molecule has 0 aromatic heterocycles. The van der Waals surface area contributed by atoms with Gasteiger partial charge in [0, 0.05) is 6.42 Å². The van der Waals surface area contributed by atoms with E-state index in [0.29, 0.717) is 25.0 Å². The van der Waals surface area contributed by atoms with Crippen LogP contribution in [0.15, 0.2) is 60.7 Å². The van der Waals surface area contributed by atoms with Gasteiger partial charge in [-0.2, -0.15) is 13.2 Å². The molecule has 0 bridgehead atoms. The number of ether oxygens (including phenoxy) is 1. The summed E-state index contributed by atoms with van der Waals surface area (Å²) in [6.07, 6.45) is -1.58. The van der Waals surface area contributed by atoms with Crippen LogP contribution in [0.2, 0.25) is 0 Å². The summed E-state index contributed by atoms with van der Waals surface area (Å²) in [5, 5.41) is 0. The Morgan fingerprint density at radius 3 is 2.35 bits per heavy atom. The van der Waals surface area contributed by atoms with Crippen LogP contribution < -0.4 is 4.74 Å². The van der Waals surface area contributed by atoms with Gasteiger partial charge in [0.25, 0.3) is 0 Å². The van der Waals surface area contributed by atoms with Gasteiger partial charge in [0.2, 0.25) is 0 Å². The standard InChI is InChI=1S/C26H25F3O2/c1-3-14-31-23-10-12-25(20(17-23)7-5-13-30)21-9-11-24(18(2)15-21)19-6-4-8-22(16-19)26(27,28)29/h4,6,8-13,15-17H,3,5,7,14H2,1-2H3. The number of rotatable bonds is 8. The van der Waals surface area contributed by atoms with E-state index in [-0.39, 0.29) is 0 Å². The van der Waals surface area contributed by atoms with E-state index in [1.165, 1.54) is 12.1 Å². The molecular weight excluding hydrogens is 401 g/mol. The number of halogens is 3. The average molecular weight is 426 g/mol. The number of aldehydes is 1. The van der Waals surface area contributed by atoms with Crippen LogP contribution in [0.25, 0.3) is 22.3 Å². The summed E-state index contributed by atoms with van der Waals surface area (Å²) in [5.41, 5.74) is 4.46. The second-order valence-corrected chi connectivity index (χ2v) is 7.48. The monoisotopic (exact) mass is 426 g/mol. The fourth-order valence-electron chi connectivity index (χ4n) is 3.60. The minimum Gasteiger partial charge on any atom is -0.494 e. The molecule has 162 valence electrons. The van der Waals surface area contributed by atoms with Crippen LogP contribution in [0.1, 0.15) is 36.5 Å². The number of benzene rings is 3. The highest BCUT2D eigenvalue weighted by Gasteiger charge is 2.30. The van der Waals surface area contributed by atoms with Gasteiger partial charge in [-0.15, -0.1) is 0 Å². The molecule has 0 amide bonds. The first-order chi connectivity index (χ1) is 14.8. The summed E-state index contributed by atoms with van der Waals surface area (Å²) in [7, 11) is 0. The third kappa shape index (κ3) is 5.54. The van der Waals surface area contributed by atoms with Crippen molar-refractivity contribution in [1.82, 2.24) is 0 Å². The van der Waals surface area contributed by atoms with Crippen LogP contribution in [-0.4, -0.2) is 12.9 Å². The van der Waals surface area contributed by atoms with Crippen molar-refractivity contribution in [1.29, 1.82) is 0 Å². The van der Waals surface area contributed by atoms with Crippen LogP contribution in [-0.2, 0) is 17.4 Å². The fourth-order valence-corrected chi connectivity index (χ4v) is 3.60. The third-order valence-corrected chi connectivity index (χ3v) is 5.12. The molecule has 3 aromatic rings. The molecule has 2 nitrogen and oxygen atoms in total. The molecule has 0 radical (unpaired) electrons. The molecule has 0 aliphatic rings. The molecule has 0 heterocycles. The first kappa shape index (κ1) is 22.6. The van der Waals surface area contributed by atoms with Gasteiger partial charge in [0.05, 0.1) is 12.2 Å². The lowest BCUT2D eigenvalue weighted by atomic mass is 9.92. The molecule has 3 aromatic carbocycles. The Morgan fingerprint density at radius 2 is 1.68 bits per heavy atom. The lowest BCUT2D eigenvalue weighted by Gasteiger charge is -2.15. The third-order valence-electron chi connectivity index (χ3n) is 5.12. The molecule has 5 heteroatoms. The molecule has 0 aliphatic carbocycles. The summed E-state index contributed by atoms with van der Waals surface area (Å²) in [6, 6.07) is 17.0. The Hall–Kier alpha value is -3.08. The van der Waals surface area contributed by atoms with Gasteiger partial charge in [-0.25, -0.2) is 0 Å². The predicted octanol–water partition coefficient (Wildman–Crippen LogP) is 7.27. The minimum absolute atomic E-state index is 0.408. The summed E-state index contributed by atoms with van der Waals surface area (Å²) < 4.78 is 45.0. The fraction of sp³-hybridized carbons (Fsp3) is 0.269. The SMILES string of the molecule is CCCOc1ccc(-c2ccc(-c3cccc(C(F)(F)F)c3)c(C)c2)c(CCC=O)c1. The van der Waals surface area contributed by atoms with Gasteiger partial charge in [0.15, 0.2) is 0 Å². The van der Waals surface area contributed by atoms with Gasteiger partial charge in [0.1, 0.15) is 12.0 Å². The zero-order valence-electron chi connectivity index (χ0n) is 17.6. The maximum atomic E-state index is 13.1. The van der Waals surface area contributed by atoms with E-state index in [0.717, 1.165) is 52.3 Å². The lowest BCUT2D eigenvalue weighted by Crippen LogP contribution is -2.04. The largest absolute Gasteiger partial charge is 0.494 e. The molecular formula is C26H25F3O2. The van der Waals surface area contributed by atoms with Crippen molar-refractivity contribution in [3.63, 3.8) is 0 Å². The summed E-state index contributed by atoms with van der Waals surface area (Å²) in [6.45, 7) is 4.55. The Labute approximate surface area is 180 Å². The van der Waals surface area contributed by atoms with E-state index in [9.17, 15) is 18.0 Å². The van der Waals surface area contributed by atoms with Crippen molar-refractivity contribution in [3.05, 3.63) is 77.4 Å². The van der Waals surface area contributed by atoms with Crippen LogP contribution >= 0.6 is 0 Å². The smallest absolute Gasteiger partial charge is 0.416 e. The number of carbonyl (C=O) groups excluding carboxylic acids is 1. The van der Waals surface area contributed by atoms with Crippen molar-refractivity contribution in [3.8, 4) is 28.0 Å². The molecule has 0 atom stereocenters. The zero-order valence-corrected chi connectivity index (χ0v) is 17.6. The molecule has 3 rings (SSSR count). The molecule has 0 saturated carbocycles. The quantitative estimate of drug-likeness (QED) is 0.354. The van der Waals surface area contributed by atoms with Crippen molar-refractivity contribution < 1.29 is 22.7 Å². The lowest BCUT2D eigenvalue weighted by molar-refractivity contribution is -0.137. The maximum Gasteiger partial charge on any atom is 0.416 e. The van der Waals surface area contributed by atoms with Gasteiger partial charge in [-0.1, -0.05) is 43.3 Å². The number of hydrogen-bond donors (Lipinski definition) is 0. The molecule has 31 heavy (non-hydrogen) atoms. The first-order valence-corrected chi connectivity index (χ1v) is 10.3. The topological polar surface area (TPSA) is 26.3 Å². The second kappa shape index (κ2) is 9.82. The summed E-state index contributed by atoms with van der Waals surface area (Å²) >= 11 is 0. The Morgan fingerprint density at radius 1 is 0.935 bits per heavy atom. The van der Waals surface area contributed by atoms with Crippen molar-refractivity contribution in [2.75, 3.05) is 6.61 Å². The Bertz CT molecular complexity index is 1050. The Kier molecular flexibility index (Phi) is 7.16. The summed E-state index contributed by atoms with van der Waals surface area (Å²) in [5.74, 6) is 0.767. The van der Waals surface area contributed by atoms with Crippen LogP contribution in [0.4, 0.5) is 13.2 Å². The first-order valence-electron chi connectivity index (χ1n) is 10.3. The minimum atomic E-state index is -4.38. The molecule has 0 aliphatic heterocycles. The number of aryl methyl sites for hydroxylation is 2. The van der Waals surface area contributed by atoms with Gasteiger partial charge in [-0.3, -0.25) is 0 Å². The zero-order chi connectivity index (χ0) is 22.4. The van der Waals surface area contributed by atoms with E-state index in [2.05, 4.69) is 0 Å². The molecule has 0 spiro atoms. The average Bonchev–Trinajstić information content (AvgIpc) is 2.75. The van der Waals surface area contributed by atoms with Gasteiger partial charge in [-0.05, 0) is 77.4 Å². The Balaban J connectivity index is 1.98. The predicted molar refractivity (Wildman–Crippen MR) is 117 cm³/mol. The van der Waals surface area contributed by atoms with Gasteiger partial charge < -0.3 is 9.53 Å². The molecule has 0 N–H and O–H groups in total. The van der Waals surface area contributed by atoms with Crippen molar-refractivity contribution in [2.45, 2.75) is 39.3 Å². The highest BCUT2D eigenvalue weighted by molar-refractivity contribution is 5.76. The van der Waals surface area contributed by atoms with Crippen LogP contribution in [0.3, 0.4) is 0 Å². The number of alkyl halides is 3. The highest BCUT2D eigenvalue weighted by atomic mass is 19.4. The van der Waals surface area contributed by atoms with E-state index in [4.69, 9.17) is 4.74 Å². The summed E-state index contributed by atoms with van der Waals surface area (Å²) in [4.78, 5) is 10.9. The normalized spacial score (nSPS) is 11.4. The van der Waals surface area contributed by atoms with Crippen LogP contribution in [0.5, 0.6) is 5.75 Å². The van der Waals surface area contributed by atoms with Gasteiger partial charge >= 0.3 is 6.18 Å². The molecule has 0 fully saturated rings. The molecule has 0 saturated heterocycles. The van der Waals surface area contributed by atoms with Crippen molar-refractivity contribution in [2.24, 2.45) is 0 Å². The second-order valence-electron chi connectivity index (χ2n) is 7.48. The van der Waals surface area contributed by atoms with E-state index in [1.54, 1.807) is 6.07 Å². The highest BCUT2D eigenvalue weighted by Crippen LogP contribution is 2.35.